The summed E-state index contributed by atoms with van der Waals surface area (Å²) in [5, 5.41) is 1.76. The molecule has 0 aromatic carbocycles. The second-order valence-electron chi connectivity index (χ2n) is 2.51. The molecule has 0 spiro atoms. The molecule has 0 aliphatic rings. The van der Waals surface area contributed by atoms with Crippen LogP contribution in [0.2, 0.25) is 4.34 Å². The topological polar surface area (TPSA) is 26.0 Å². The minimum absolute atomic E-state index is 0.0382. The largest absolute Gasteiger partial charge is 0.327 e. The van der Waals surface area contributed by atoms with E-state index >= 15 is 0 Å². The minimum Gasteiger partial charge on any atom is -0.327 e. The second kappa shape index (κ2) is 3.09. The molecule has 1 aromatic rings. The van der Waals surface area contributed by atoms with Crippen LogP contribution in [0.15, 0.2) is 11.4 Å². The summed E-state index contributed by atoms with van der Waals surface area (Å²) in [4.78, 5) is 0. The Morgan fingerprint density at radius 3 is 2.82 bits per heavy atom. The fourth-order valence-corrected chi connectivity index (χ4v) is 1.93. The van der Waals surface area contributed by atoms with Crippen molar-refractivity contribution in [2.24, 2.45) is 5.73 Å². The molecular weight excluding hydrogens is 185 g/mol. The van der Waals surface area contributed by atoms with Crippen molar-refractivity contribution in [1.82, 2.24) is 0 Å². The van der Waals surface area contributed by atoms with Gasteiger partial charge in [0.2, 0.25) is 0 Å². The number of hydrogen-bond donors (Lipinski definition) is 1. The van der Waals surface area contributed by atoms with E-state index in [1.165, 1.54) is 18.3 Å². The van der Waals surface area contributed by atoms with Crippen LogP contribution in [-0.2, 0) is 5.67 Å². The van der Waals surface area contributed by atoms with Crippen molar-refractivity contribution in [3.05, 3.63) is 21.3 Å². The van der Waals surface area contributed by atoms with Gasteiger partial charge in [-0.2, -0.15) is 0 Å². The maximum atomic E-state index is 13.4. The molecule has 0 radical (unpaired) electrons. The average molecular weight is 194 g/mol. The smallest absolute Gasteiger partial charge is 0.147 e. The zero-order chi connectivity index (χ0) is 8.48. The highest BCUT2D eigenvalue weighted by Gasteiger charge is 2.26. The molecule has 1 unspecified atom stereocenters. The van der Waals surface area contributed by atoms with E-state index in [0.29, 0.717) is 9.90 Å². The van der Waals surface area contributed by atoms with Crippen molar-refractivity contribution in [3.8, 4) is 0 Å². The van der Waals surface area contributed by atoms with Gasteiger partial charge < -0.3 is 5.73 Å². The van der Waals surface area contributed by atoms with Gasteiger partial charge in [-0.05, 0) is 18.4 Å². The van der Waals surface area contributed by atoms with Crippen LogP contribution >= 0.6 is 22.9 Å². The van der Waals surface area contributed by atoms with Crippen molar-refractivity contribution in [2.75, 3.05) is 6.54 Å². The first-order chi connectivity index (χ1) is 5.08. The summed E-state index contributed by atoms with van der Waals surface area (Å²) in [5.74, 6) is 0. The third-order valence-corrected chi connectivity index (χ3v) is 2.73. The molecule has 1 heterocycles. The summed E-state index contributed by atoms with van der Waals surface area (Å²) >= 11 is 7.04. The average Bonchev–Trinajstić information content (AvgIpc) is 2.36. The lowest BCUT2D eigenvalue weighted by Gasteiger charge is -2.16. The molecule has 1 aromatic heterocycles. The number of hydrogen-bond acceptors (Lipinski definition) is 2. The fraction of sp³-hybridized carbons (Fsp3) is 0.429. The van der Waals surface area contributed by atoms with Gasteiger partial charge in [0.15, 0.2) is 0 Å². The zero-order valence-corrected chi connectivity index (χ0v) is 7.68. The predicted molar refractivity (Wildman–Crippen MR) is 46.8 cm³/mol. The Morgan fingerprint density at radius 2 is 2.45 bits per heavy atom. The molecule has 1 nitrogen and oxygen atoms in total. The summed E-state index contributed by atoms with van der Waals surface area (Å²) in [5.41, 5.74) is 4.24. The summed E-state index contributed by atoms with van der Waals surface area (Å²) in [6, 6.07) is 1.67. The molecule has 1 rings (SSSR count). The summed E-state index contributed by atoms with van der Waals surface area (Å²) in [6.45, 7) is 1.39. The molecule has 11 heavy (non-hydrogen) atoms. The molecule has 1 atom stereocenters. The highest BCUT2D eigenvalue weighted by Crippen LogP contribution is 2.34. The van der Waals surface area contributed by atoms with Gasteiger partial charge in [0, 0.05) is 12.1 Å². The Hall–Kier alpha value is -0.120. The van der Waals surface area contributed by atoms with E-state index in [4.69, 9.17) is 17.3 Å². The Bertz CT molecular complexity index is 246. The molecule has 4 heteroatoms. The first kappa shape index (κ1) is 8.97. The van der Waals surface area contributed by atoms with Crippen LogP contribution in [-0.4, -0.2) is 6.54 Å². The van der Waals surface area contributed by atoms with E-state index in [0.717, 1.165) is 0 Å². The third-order valence-electron chi connectivity index (χ3n) is 1.56. The van der Waals surface area contributed by atoms with Crippen LogP contribution < -0.4 is 5.73 Å². The molecule has 0 aliphatic heterocycles. The number of halogens is 2. The van der Waals surface area contributed by atoms with Crippen molar-refractivity contribution in [1.29, 1.82) is 0 Å². The Kier molecular flexibility index (Phi) is 2.52. The second-order valence-corrected chi connectivity index (χ2v) is 4.03. The Labute approximate surface area is 74.0 Å². The summed E-state index contributed by atoms with van der Waals surface area (Å²) in [7, 11) is 0. The van der Waals surface area contributed by atoms with Gasteiger partial charge in [0.05, 0.1) is 4.34 Å². The molecule has 0 fully saturated rings. The van der Waals surface area contributed by atoms with Gasteiger partial charge in [0.25, 0.3) is 0 Å². The molecule has 2 N–H and O–H groups in total. The lowest BCUT2D eigenvalue weighted by molar-refractivity contribution is 0.204. The molecule has 62 valence electrons. The first-order valence-corrected chi connectivity index (χ1v) is 4.46. The van der Waals surface area contributed by atoms with Gasteiger partial charge >= 0.3 is 0 Å². The lowest BCUT2D eigenvalue weighted by atomic mass is 10.0. The quantitative estimate of drug-likeness (QED) is 0.768. The molecule has 0 saturated heterocycles. The van der Waals surface area contributed by atoms with Crippen LogP contribution in [0, 0.1) is 0 Å². The van der Waals surface area contributed by atoms with Crippen LogP contribution in [0.25, 0.3) is 0 Å². The summed E-state index contributed by atoms with van der Waals surface area (Å²) in [6.07, 6.45) is 0. The van der Waals surface area contributed by atoms with E-state index in [9.17, 15) is 4.39 Å². The maximum Gasteiger partial charge on any atom is 0.147 e. The minimum atomic E-state index is -1.49. The van der Waals surface area contributed by atoms with Gasteiger partial charge in [-0.3, -0.25) is 0 Å². The number of nitrogens with two attached hydrogens (primary N) is 1. The number of rotatable bonds is 2. The van der Waals surface area contributed by atoms with Crippen molar-refractivity contribution >= 4 is 22.9 Å². The van der Waals surface area contributed by atoms with E-state index in [-0.39, 0.29) is 6.54 Å². The third kappa shape index (κ3) is 1.72. The highest BCUT2D eigenvalue weighted by molar-refractivity contribution is 7.14. The van der Waals surface area contributed by atoms with E-state index in [1.807, 2.05) is 0 Å². The van der Waals surface area contributed by atoms with Gasteiger partial charge in [0.1, 0.15) is 5.67 Å². The Balaban J connectivity index is 3.00. The van der Waals surface area contributed by atoms with E-state index < -0.39 is 5.67 Å². The van der Waals surface area contributed by atoms with Crippen molar-refractivity contribution in [3.63, 3.8) is 0 Å². The molecule has 0 aliphatic carbocycles. The lowest BCUT2D eigenvalue weighted by Crippen LogP contribution is -2.26. The van der Waals surface area contributed by atoms with Crippen LogP contribution in [0.5, 0.6) is 0 Å². The monoisotopic (exact) mass is 193 g/mol. The van der Waals surface area contributed by atoms with Crippen LogP contribution in [0.4, 0.5) is 4.39 Å². The molecular formula is C7H9ClFNS. The molecule has 0 amide bonds. The Morgan fingerprint density at radius 1 is 1.82 bits per heavy atom. The molecule has 0 bridgehead atoms. The predicted octanol–water partition coefficient (Wildman–Crippen LogP) is 2.54. The maximum absolute atomic E-state index is 13.4. The highest BCUT2D eigenvalue weighted by atomic mass is 35.5. The van der Waals surface area contributed by atoms with Gasteiger partial charge in [-0.1, -0.05) is 11.6 Å². The van der Waals surface area contributed by atoms with E-state index in [1.54, 1.807) is 11.4 Å². The van der Waals surface area contributed by atoms with E-state index in [2.05, 4.69) is 0 Å². The number of thiophene rings is 1. The molecule has 0 saturated carbocycles. The summed E-state index contributed by atoms with van der Waals surface area (Å²) < 4.78 is 13.9. The van der Waals surface area contributed by atoms with Gasteiger partial charge in [-0.25, -0.2) is 4.39 Å². The number of alkyl halides is 1. The normalized spacial score (nSPS) is 16.4. The zero-order valence-electron chi connectivity index (χ0n) is 6.10. The van der Waals surface area contributed by atoms with Crippen molar-refractivity contribution < 1.29 is 4.39 Å². The van der Waals surface area contributed by atoms with Gasteiger partial charge in [-0.15, -0.1) is 11.3 Å². The van der Waals surface area contributed by atoms with Crippen molar-refractivity contribution in [2.45, 2.75) is 12.6 Å². The fourth-order valence-electron chi connectivity index (χ4n) is 0.779. The van der Waals surface area contributed by atoms with Crippen LogP contribution in [0.1, 0.15) is 12.5 Å². The first-order valence-electron chi connectivity index (χ1n) is 3.20. The van der Waals surface area contributed by atoms with Crippen LogP contribution in [0.3, 0.4) is 0 Å². The SMILES string of the molecule is CC(F)(CN)c1ccsc1Cl. The standard InChI is InChI=1S/C7H9ClFNS/c1-7(9,4-10)5-2-3-11-6(5)8/h2-3H,4,10H2,1H3.